The Morgan fingerprint density at radius 1 is 1.11 bits per heavy atom. The van der Waals surface area contributed by atoms with Crippen molar-refractivity contribution in [3.05, 3.63) is 59.9 Å². The molecule has 0 saturated carbocycles. The second-order valence-electron chi connectivity index (χ2n) is 3.92. The van der Waals surface area contributed by atoms with E-state index in [1.54, 1.807) is 6.07 Å². The van der Waals surface area contributed by atoms with Crippen molar-refractivity contribution in [2.24, 2.45) is 5.73 Å². The number of aliphatic carboxylic acids is 1. The minimum atomic E-state index is -1.34. The highest BCUT2D eigenvalue weighted by molar-refractivity contribution is 5.76. The van der Waals surface area contributed by atoms with Crippen LogP contribution in [0.4, 0.5) is 4.39 Å². The van der Waals surface area contributed by atoms with Gasteiger partial charge in [-0.3, -0.25) is 4.79 Å². The largest absolute Gasteiger partial charge is 0.480 e. The third kappa shape index (κ3) is 2.38. The van der Waals surface area contributed by atoms with Gasteiger partial charge in [-0.1, -0.05) is 42.5 Å². The summed E-state index contributed by atoms with van der Waals surface area (Å²) in [4.78, 5) is 10.7. The van der Waals surface area contributed by atoms with Crippen LogP contribution in [0.2, 0.25) is 0 Å². The second kappa shape index (κ2) is 4.98. The molecule has 3 nitrogen and oxygen atoms in total. The van der Waals surface area contributed by atoms with E-state index in [1.807, 2.05) is 30.3 Å². The summed E-state index contributed by atoms with van der Waals surface area (Å²) in [7, 11) is 0. The minimum absolute atomic E-state index is 0.0119. The molecule has 0 radical (unpaired) electrons. The maximum absolute atomic E-state index is 13.8. The Labute approximate surface area is 104 Å². The van der Waals surface area contributed by atoms with Crippen molar-refractivity contribution in [1.82, 2.24) is 0 Å². The van der Waals surface area contributed by atoms with E-state index in [9.17, 15) is 9.18 Å². The number of halogens is 1. The third-order valence-corrected chi connectivity index (χ3v) is 2.71. The number of benzene rings is 2. The zero-order chi connectivity index (χ0) is 13.1. The molecule has 0 aliphatic carbocycles. The van der Waals surface area contributed by atoms with Crippen molar-refractivity contribution >= 4 is 5.97 Å². The second-order valence-corrected chi connectivity index (χ2v) is 3.92. The fourth-order valence-corrected chi connectivity index (χ4v) is 1.72. The average molecular weight is 245 g/mol. The van der Waals surface area contributed by atoms with Gasteiger partial charge in [-0.25, -0.2) is 4.39 Å². The summed E-state index contributed by atoms with van der Waals surface area (Å²) in [6.45, 7) is 0. The highest BCUT2D eigenvalue weighted by atomic mass is 19.1. The lowest BCUT2D eigenvalue weighted by molar-refractivity contribution is -0.138. The zero-order valence-corrected chi connectivity index (χ0v) is 9.51. The first-order chi connectivity index (χ1) is 8.59. The van der Waals surface area contributed by atoms with E-state index >= 15 is 0 Å². The topological polar surface area (TPSA) is 63.3 Å². The average Bonchev–Trinajstić information content (AvgIpc) is 2.38. The summed E-state index contributed by atoms with van der Waals surface area (Å²) in [5.74, 6) is -1.85. The summed E-state index contributed by atoms with van der Waals surface area (Å²) < 4.78 is 13.8. The van der Waals surface area contributed by atoms with Gasteiger partial charge in [-0.05, 0) is 17.2 Å². The van der Waals surface area contributed by atoms with Gasteiger partial charge < -0.3 is 10.8 Å². The van der Waals surface area contributed by atoms with Gasteiger partial charge in [0.25, 0.3) is 0 Å². The SMILES string of the molecule is NC(C(=O)O)c1ccc(-c2ccccc2)cc1F. The highest BCUT2D eigenvalue weighted by Crippen LogP contribution is 2.24. The molecule has 0 aliphatic heterocycles. The van der Waals surface area contributed by atoms with Gasteiger partial charge in [0.1, 0.15) is 11.9 Å². The predicted molar refractivity (Wildman–Crippen MR) is 66.4 cm³/mol. The summed E-state index contributed by atoms with van der Waals surface area (Å²) >= 11 is 0. The van der Waals surface area contributed by atoms with E-state index in [0.717, 1.165) is 5.56 Å². The molecule has 1 unspecified atom stereocenters. The van der Waals surface area contributed by atoms with Crippen molar-refractivity contribution in [2.75, 3.05) is 0 Å². The van der Waals surface area contributed by atoms with Crippen LogP contribution < -0.4 is 5.73 Å². The molecule has 0 heterocycles. The van der Waals surface area contributed by atoms with Crippen LogP contribution in [-0.2, 0) is 4.79 Å². The first-order valence-electron chi connectivity index (χ1n) is 5.43. The third-order valence-electron chi connectivity index (χ3n) is 2.71. The molecule has 4 heteroatoms. The van der Waals surface area contributed by atoms with Gasteiger partial charge in [0.2, 0.25) is 0 Å². The van der Waals surface area contributed by atoms with Gasteiger partial charge in [0.05, 0.1) is 0 Å². The Kier molecular flexibility index (Phi) is 3.39. The molecule has 3 N–H and O–H groups in total. The molecule has 0 bridgehead atoms. The van der Waals surface area contributed by atoms with Crippen LogP contribution in [0.5, 0.6) is 0 Å². The highest BCUT2D eigenvalue weighted by Gasteiger charge is 2.18. The van der Waals surface area contributed by atoms with Crippen LogP contribution >= 0.6 is 0 Å². The number of carboxylic acids is 1. The van der Waals surface area contributed by atoms with Crippen molar-refractivity contribution in [3.63, 3.8) is 0 Å². The fourth-order valence-electron chi connectivity index (χ4n) is 1.72. The van der Waals surface area contributed by atoms with E-state index in [2.05, 4.69) is 0 Å². The monoisotopic (exact) mass is 245 g/mol. The van der Waals surface area contributed by atoms with Crippen molar-refractivity contribution in [1.29, 1.82) is 0 Å². The molecular formula is C14H12FNO2. The maximum atomic E-state index is 13.8. The van der Waals surface area contributed by atoms with E-state index in [0.29, 0.717) is 5.56 Å². The van der Waals surface area contributed by atoms with Gasteiger partial charge in [-0.15, -0.1) is 0 Å². The molecule has 0 amide bonds. The molecule has 0 saturated heterocycles. The molecule has 18 heavy (non-hydrogen) atoms. The van der Waals surface area contributed by atoms with Crippen LogP contribution in [0.25, 0.3) is 11.1 Å². The number of carbonyl (C=O) groups is 1. The Balaban J connectivity index is 2.40. The van der Waals surface area contributed by atoms with Crippen molar-refractivity contribution < 1.29 is 14.3 Å². The fraction of sp³-hybridized carbons (Fsp3) is 0.0714. The molecule has 0 aromatic heterocycles. The van der Waals surface area contributed by atoms with Crippen LogP contribution in [0.15, 0.2) is 48.5 Å². The van der Waals surface area contributed by atoms with Gasteiger partial charge in [0, 0.05) is 5.56 Å². The first-order valence-corrected chi connectivity index (χ1v) is 5.43. The zero-order valence-electron chi connectivity index (χ0n) is 9.51. The Morgan fingerprint density at radius 3 is 2.33 bits per heavy atom. The lowest BCUT2D eigenvalue weighted by Crippen LogP contribution is -2.21. The van der Waals surface area contributed by atoms with E-state index in [4.69, 9.17) is 10.8 Å². The van der Waals surface area contributed by atoms with Crippen LogP contribution in [0.3, 0.4) is 0 Å². The van der Waals surface area contributed by atoms with Crippen molar-refractivity contribution in [3.8, 4) is 11.1 Å². The van der Waals surface area contributed by atoms with Gasteiger partial charge in [-0.2, -0.15) is 0 Å². The molecule has 0 fully saturated rings. The Bertz CT molecular complexity index is 569. The predicted octanol–water partition coefficient (Wildman–Crippen LogP) is 2.58. The van der Waals surface area contributed by atoms with Gasteiger partial charge >= 0.3 is 5.97 Å². The number of hydrogen-bond donors (Lipinski definition) is 2. The lowest BCUT2D eigenvalue weighted by atomic mass is 10.0. The van der Waals surface area contributed by atoms with E-state index in [-0.39, 0.29) is 5.56 Å². The lowest BCUT2D eigenvalue weighted by Gasteiger charge is -2.09. The number of carboxylic acid groups (broad SMARTS) is 1. The minimum Gasteiger partial charge on any atom is -0.480 e. The van der Waals surface area contributed by atoms with Crippen LogP contribution in [0.1, 0.15) is 11.6 Å². The van der Waals surface area contributed by atoms with Crippen LogP contribution in [0, 0.1) is 5.82 Å². The summed E-state index contributed by atoms with van der Waals surface area (Å²) in [5, 5.41) is 8.75. The van der Waals surface area contributed by atoms with Gasteiger partial charge in [0.15, 0.2) is 0 Å². The molecule has 0 aliphatic rings. The molecule has 2 rings (SSSR count). The first kappa shape index (κ1) is 12.3. The molecule has 92 valence electrons. The quantitative estimate of drug-likeness (QED) is 0.873. The van der Waals surface area contributed by atoms with Crippen molar-refractivity contribution in [2.45, 2.75) is 6.04 Å². The van der Waals surface area contributed by atoms with Crippen LogP contribution in [-0.4, -0.2) is 11.1 Å². The normalized spacial score (nSPS) is 12.1. The molecular weight excluding hydrogens is 233 g/mol. The Hall–Kier alpha value is -2.20. The summed E-state index contributed by atoms with van der Waals surface area (Å²) in [6, 6.07) is 12.3. The molecule has 2 aromatic rings. The van der Waals surface area contributed by atoms with E-state index < -0.39 is 17.8 Å². The Morgan fingerprint density at radius 2 is 1.78 bits per heavy atom. The molecule has 0 spiro atoms. The maximum Gasteiger partial charge on any atom is 0.325 e. The smallest absolute Gasteiger partial charge is 0.325 e. The summed E-state index contributed by atoms with van der Waals surface area (Å²) in [6.07, 6.45) is 0. The number of hydrogen-bond acceptors (Lipinski definition) is 2. The standard InChI is InChI=1S/C14H12FNO2/c15-12-8-10(9-4-2-1-3-5-9)6-7-11(12)13(16)14(17)18/h1-8,13H,16H2,(H,17,18). The number of rotatable bonds is 3. The molecule has 1 atom stereocenters. The summed E-state index contributed by atoms with van der Waals surface area (Å²) in [5.41, 5.74) is 6.93. The molecule has 2 aromatic carbocycles. The number of nitrogens with two attached hydrogens (primary N) is 1. The van der Waals surface area contributed by atoms with E-state index in [1.165, 1.54) is 12.1 Å².